The number of likely N-dealkylation sites (tertiary alicyclic amines) is 1. The van der Waals surface area contributed by atoms with E-state index in [1.54, 1.807) is 6.20 Å². The highest BCUT2D eigenvalue weighted by molar-refractivity contribution is 5.84. The summed E-state index contributed by atoms with van der Waals surface area (Å²) in [6.45, 7) is 1.89. The molecule has 1 unspecified atom stereocenters. The van der Waals surface area contributed by atoms with Gasteiger partial charge in [-0.2, -0.15) is 0 Å². The van der Waals surface area contributed by atoms with Gasteiger partial charge in [-0.15, -0.1) is 10.2 Å². The predicted octanol–water partition coefficient (Wildman–Crippen LogP) is 5.91. The first kappa shape index (κ1) is 23.1. The van der Waals surface area contributed by atoms with Crippen molar-refractivity contribution < 1.29 is 0 Å². The van der Waals surface area contributed by atoms with Crippen LogP contribution in [0.1, 0.15) is 36.7 Å². The van der Waals surface area contributed by atoms with E-state index >= 15 is 0 Å². The van der Waals surface area contributed by atoms with E-state index in [2.05, 4.69) is 66.4 Å². The molecule has 5 aromatic rings. The van der Waals surface area contributed by atoms with Gasteiger partial charge in [0.1, 0.15) is 17.3 Å². The van der Waals surface area contributed by atoms with Crippen LogP contribution in [-0.2, 0) is 6.54 Å². The normalized spacial score (nSPS) is 16.1. The molecule has 0 amide bonds. The lowest BCUT2D eigenvalue weighted by atomic mass is 9.95. The number of nitrogens with zero attached hydrogens (tertiary/aromatic N) is 5. The lowest BCUT2D eigenvalue weighted by molar-refractivity contribution is 0.134. The molecule has 2 aromatic carbocycles. The van der Waals surface area contributed by atoms with Crippen LogP contribution in [0.5, 0.6) is 0 Å². The average molecular weight is 488 g/mol. The van der Waals surface area contributed by atoms with Crippen molar-refractivity contribution in [3.05, 3.63) is 103 Å². The quantitative estimate of drug-likeness (QED) is 0.309. The molecule has 3 aromatic heterocycles. The molecule has 7 nitrogen and oxygen atoms in total. The predicted molar refractivity (Wildman–Crippen MR) is 146 cm³/mol. The molecule has 0 bridgehead atoms. The first-order valence-electron chi connectivity index (χ1n) is 12.7. The molecule has 0 aliphatic carbocycles. The first-order chi connectivity index (χ1) is 18.2. The van der Waals surface area contributed by atoms with Gasteiger partial charge in [0.25, 0.3) is 0 Å². The molecule has 0 saturated carbocycles. The largest absolute Gasteiger partial charge is 0.384 e. The summed E-state index contributed by atoms with van der Waals surface area (Å²) in [7, 11) is 0. The molecule has 6 rings (SSSR count). The number of H-pyrrole nitrogens is 1. The zero-order valence-electron chi connectivity index (χ0n) is 20.6. The van der Waals surface area contributed by atoms with Crippen LogP contribution in [0.2, 0.25) is 0 Å². The summed E-state index contributed by atoms with van der Waals surface area (Å²) in [6, 6.07) is 27.1. The number of hydrogen-bond acceptors (Lipinski definition) is 6. The Morgan fingerprint density at radius 1 is 0.838 bits per heavy atom. The fourth-order valence-corrected chi connectivity index (χ4v) is 5.12. The number of piperidine rings is 1. The third-order valence-corrected chi connectivity index (χ3v) is 7.00. The van der Waals surface area contributed by atoms with E-state index in [1.165, 1.54) is 18.4 Å². The minimum absolute atomic E-state index is 0.211. The summed E-state index contributed by atoms with van der Waals surface area (Å²) in [4.78, 5) is 14.7. The van der Waals surface area contributed by atoms with Crippen LogP contribution in [-0.4, -0.2) is 36.6 Å². The maximum atomic E-state index is 6.07. The van der Waals surface area contributed by atoms with Gasteiger partial charge in [0.2, 0.25) is 0 Å². The van der Waals surface area contributed by atoms with Crippen LogP contribution in [0.3, 0.4) is 0 Å². The number of anilines is 1. The SMILES string of the molecule is Nc1cc(-c2ccc(CN3CCCCC3c3nnc(-c4ccccn4)[nH]3)cc2)c(-c2ccccc2)cn1. The number of hydrogen-bond donors (Lipinski definition) is 2. The Morgan fingerprint density at radius 2 is 1.65 bits per heavy atom. The van der Waals surface area contributed by atoms with Gasteiger partial charge in [0, 0.05) is 24.5 Å². The van der Waals surface area contributed by atoms with Crippen molar-refractivity contribution in [2.75, 3.05) is 12.3 Å². The van der Waals surface area contributed by atoms with Gasteiger partial charge in [-0.25, -0.2) is 4.98 Å². The summed E-state index contributed by atoms with van der Waals surface area (Å²) >= 11 is 0. The van der Waals surface area contributed by atoms with Gasteiger partial charge in [0.05, 0.1) is 6.04 Å². The summed E-state index contributed by atoms with van der Waals surface area (Å²) < 4.78 is 0. The Bertz CT molecular complexity index is 1460. The number of nitrogens with one attached hydrogen (secondary N) is 1. The zero-order chi connectivity index (χ0) is 25.0. The summed E-state index contributed by atoms with van der Waals surface area (Å²) in [5.41, 5.74) is 12.6. The molecule has 1 saturated heterocycles. The number of rotatable bonds is 6. The number of nitrogens with two attached hydrogens (primary N) is 1. The van der Waals surface area contributed by atoms with E-state index in [-0.39, 0.29) is 6.04 Å². The molecule has 7 heteroatoms. The zero-order valence-corrected chi connectivity index (χ0v) is 20.6. The highest BCUT2D eigenvalue weighted by Crippen LogP contribution is 2.34. The molecule has 1 atom stereocenters. The fourth-order valence-electron chi connectivity index (χ4n) is 5.12. The molecule has 4 heterocycles. The van der Waals surface area contributed by atoms with Crippen molar-refractivity contribution in [2.45, 2.75) is 31.8 Å². The van der Waals surface area contributed by atoms with Crippen LogP contribution in [0.4, 0.5) is 5.82 Å². The van der Waals surface area contributed by atoms with Crippen molar-refractivity contribution in [1.82, 2.24) is 30.0 Å². The minimum atomic E-state index is 0.211. The highest BCUT2D eigenvalue weighted by Gasteiger charge is 2.27. The third-order valence-electron chi connectivity index (χ3n) is 7.00. The topological polar surface area (TPSA) is 96.6 Å². The molecule has 0 radical (unpaired) electrons. The standard InChI is InChI=1S/C30H29N7/c31-28-18-24(25(19-33-28)22-8-2-1-3-9-22)23-14-12-21(13-15-23)20-37-17-7-5-11-27(37)30-34-29(35-36-30)26-10-4-6-16-32-26/h1-4,6,8-10,12-16,18-19,27H,5,7,11,17,20H2,(H2,31,33)(H,34,35,36). The van der Waals surface area contributed by atoms with Gasteiger partial charge in [-0.1, -0.05) is 67.1 Å². The molecule has 1 fully saturated rings. The van der Waals surface area contributed by atoms with Crippen molar-refractivity contribution in [3.8, 4) is 33.8 Å². The van der Waals surface area contributed by atoms with Crippen molar-refractivity contribution >= 4 is 5.82 Å². The second kappa shape index (κ2) is 10.3. The van der Waals surface area contributed by atoms with Crippen LogP contribution < -0.4 is 5.73 Å². The second-order valence-electron chi connectivity index (χ2n) is 9.47. The fraction of sp³-hybridized carbons (Fsp3) is 0.200. The van der Waals surface area contributed by atoms with Crippen molar-refractivity contribution in [1.29, 1.82) is 0 Å². The van der Waals surface area contributed by atoms with Gasteiger partial charge in [0.15, 0.2) is 5.82 Å². The van der Waals surface area contributed by atoms with Crippen molar-refractivity contribution in [3.63, 3.8) is 0 Å². The van der Waals surface area contributed by atoms with Gasteiger partial charge in [-0.3, -0.25) is 9.88 Å². The first-order valence-corrected chi connectivity index (χ1v) is 12.7. The summed E-state index contributed by atoms with van der Waals surface area (Å²) in [5.74, 6) is 2.15. The molecular formula is C30H29N7. The summed E-state index contributed by atoms with van der Waals surface area (Å²) in [5, 5.41) is 8.88. The van der Waals surface area contributed by atoms with Crippen LogP contribution in [0, 0.1) is 0 Å². The minimum Gasteiger partial charge on any atom is -0.384 e. The molecular weight excluding hydrogens is 458 g/mol. The molecule has 3 N–H and O–H groups in total. The van der Waals surface area contributed by atoms with E-state index in [4.69, 9.17) is 5.73 Å². The Labute approximate surface area is 216 Å². The van der Waals surface area contributed by atoms with E-state index in [0.29, 0.717) is 5.82 Å². The van der Waals surface area contributed by atoms with E-state index < -0.39 is 0 Å². The highest BCUT2D eigenvalue weighted by atomic mass is 15.3. The number of aromatic amines is 1. The molecule has 184 valence electrons. The number of benzene rings is 2. The molecule has 1 aliphatic rings. The Balaban J connectivity index is 1.23. The van der Waals surface area contributed by atoms with Gasteiger partial charge < -0.3 is 10.7 Å². The Hall–Kier alpha value is -4.36. The van der Waals surface area contributed by atoms with Crippen molar-refractivity contribution in [2.24, 2.45) is 0 Å². The maximum Gasteiger partial charge on any atom is 0.180 e. The Morgan fingerprint density at radius 3 is 2.46 bits per heavy atom. The number of pyridine rings is 2. The van der Waals surface area contributed by atoms with E-state index in [1.807, 2.05) is 48.7 Å². The van der Waals surface area contributed by atoms with Gasteiger partial charge in [-0.05, 0) is 59.8 Å². The number of aromatic nitrogens is 5. The smallest absolute Gasteiger partial charge is 0.180 e. The second-order valence-corrected chi connectivity index (χ2v) is 9.47. The average Bonchev–Trinajstić information content (AvgIpc) is 3.45. The Kier molecular flexibility index (Phi) is 6.44. The lowest BCUT2D eigenvalue weighted by Gasteiger charge is -2.34. The number of nitrogen functional groups attached to an aromatic ring is 1. The molecule has 37 heavy (non-hydrogen) atoms. The van der Waals surface area contributed by atoms with E-state index in [9.17, 15) is 0 Å². The van der Waals surface area contributed by atoms with Crippen LogP contribution in [0.15, 0.2) is 91.3 Å². The van der Waals surface area contributed by atoms with Gasteiger partial charge >= 0.3 is 0 Å². The lowest BCUT2D eigenvalue weighted by Crippen LogP contribution is -2.33. The maximum absolute atomic E-state index is 6.07. The van der Waals surface area contributed by atoms with Crippen LogP contribution >= 0.6 is 0 Å². The summed E-state index contributed by atoms with van der Waals surface area (Å²) in [6.07, 6.45) is 7.07. The third kappa shape index (κ3) is 4.99. The van der Waals surface area contributed by atoms with E-state index in [0.717, 1.165) is 59.1 Å². The molecule has 0 spiro atoms. The molecule has 1 aliphatic heterocycles. The monoisotopic (exact) mass is 487 g/mol. The van der Waals surface area contributed by atoms with Crippen LogP contribution in [0.25, 0.3) is 33.8 Å².